The van der Waals surface area contributed by atoms with E-state index in [1.54, 1.807) is 39.8 Å². The van der Waals surface area contributed by atoms with Crippen molar-refractivity contribution >= 4 is 27.5 Å². The molecule has 28 heavy (non-hydrogen) atoms. The van der Waals surface area contributed by atoms with Crippen molar-refractivity contribution in [2.75, 3.05) is 11.9 Å². The highest BCUT2D eigenvalue weighted by Crippen LogP contribution is 2.30. The number of aromatic nitrogens is 1. The second kappa shape index (κ2) is 9.04. The highest BCUT2D eigenvalue weighted by molar-refractivity contribution is 6.31. The summed E-state index contributed by atoms with van der Waals surface area (Å²) >= 11 is 0. The number of ether oxygens (including phenoxy) is 2. The predicted molar refractivity (Wildman–Crippen MR) is 110 cm³/mol. The van der Waals surface area contributed by atoms with Crippen molar-refractivity contribution in [2.24, 2.45) is 0 Å². The van der Waals surface area contributed by atoms with Crippen LogP contribution in [-0.2, 0) is 19.5 Å². The van der Waals surface area contributed by atoms with Gasteiger partial charge in [-0.3, -0.25) is 5.32 Å². The lowest BCUT2D eigenvalue weighted by Gasteiger charge is -2.29. The molecule has 0 spiro atoms. The van der Waals surface area contributed by atoms with E-state index in [4.69, 9.17) is 13.9 Å². The number of rotatable bonds is 6. The van der Waals surface area contributed by atoms with Gasteiger partial charge in [0.15, 0.2) is 5.69 Å². The van der Waals surface area contributed by atoms with E-state index in [-0.39, 0.29) is 32.8 Å². The van der Waals surface area contributed by atoms with Gasteiger partial charge in [-0.05, 0) is 58.7 Å². The first-order valence-corrected chi connectivity index (χ1v) is 10.2. The monoisotopic (exact) mass is 408 g/mol. The van der Waals surface area contributed by atoms with Crippen molar-refractivity contribution in [1.82, 2.24) is 4.98 Å². The van der Waals surface area contributed by atoms with E-state index in [1.807, 2.05) is 13.8 Å². The standard InChI is InChI=1S/C20H32N2O5Si/c1-10-25-16(23)15-13(21-17(24)26-18(2,3)4)11-12-14(22-15)20(8,9)27-28-19(5,6)7/h11-12H,10H2,1-9H3,(H,21,24). The smallest absolute Gasteiger partial charge is 0.412 e. The van der Waals surface area contributed by atoms with E-state index >= 15 is 0 Å². The van der Waals surface area contributed by atoms with Crippen LogP contribution in [0.15, 0.2) is 12.1 Å². The third kappa shape index (κ3) is 7.98. The third-order valence-corrected chi connectivity index (χ3v) is 4.45. The molecule has 0 saturated carbocycles. The fraction of sp³-hybridized carbons (Fsp3) is 0.650. The number of nitrogens with zero attached hydrogens (tertiary/aromatic N) is 1. The maximum absolute atomic E-state index is 12.4. The summed E-state index contributed by atoms with van der Waals surface area (Å²) in [6, 6.07) is 3.34. The fourth-order valence-corrected chi connectivity index (χ4v) is 2.66. The number of pyridine rings is 1. The molecule has 8 heteroatoms. The van der Waals surface area contributed by atoms with Crippen LogP contribution in [0.3, 0.4) is 0 Å². The number of anilines is 1. The zero-order chi connectivity index (χ0) is 21.8. The van der Waals surface area contributed by atoms with Gasteiger partial charge in [0.1, 0.15) is 5.60 Å². The fourth-order valence-electron chi connectivity index (χ4n) is 2.00. The maximum atomic E-state index is 12.4. The van der Waals surface area contributed by atoms with Crippen LogP contribution in [0, 0.1) is 0 Å². The first-order valence-electron chi connectivity index (χ1n) is 9.28. The Labute approximate surface area is 170 Å². The SMILES string of the molecule is CCOC(=O)c1nc(C(C)(C)O[Si]C(C)(C)C)ccc1NC(=O)OC(C)(C)C. The summed E-state index contributed by atoms with van der Waals surface area (Å²) in [7, 11) is 0.251. The van der Waals surface area contributed by atoms with Crippen molar-refractivity contribution in [1.29, 1.82) is 0 Å². The second-order valence-electron chi connectivity index (χ2n) is 8.90. The molecule has 0 saturated heterocycles. The molecule has 0 fully saturated rings. The summed E-state index contributed by atoms with van der Waals surface area (Å²) in [6.07, 6.45) is -0.669. The van der Waals surface area contributed by atoms with Crippen LogP contribution in [0.25, 0.3) is 0 Å². The van der Waals surface area contributed by atoms with Crippen molar-refractivity contribution in [3.05, 3.63) is 23.5 Å². The highest BCUT2D eigenvalue weighted by atomic mass is 28.2. The van der Waals surface area contributed by atoms with E-state index in [0.717, 1.165) is 0 Å². The molecule has 0 aliphatic heterocycles. The van der Waals surface area contributed by atoms with Gasteiger partial charge < -0.3 is 13.9 Å². The van der Waals surface area contributed by atoms with Gasteiger partial charge in [0.05, 0.1) is 23.6 Å². The normalized spacial score (nSPS) is 12.5. The quantitative estimate of drug-likeness (QED) is 0.542. The van der Waals surface area contributed by atoms with E-state index in [0.29, 0.717) is 5.69 Å². The van der Waals surface area contributed by atoms with Gasteiger partial charge in [-0.1, -0.05) is 20.8 Å². The van der Waals surface area contributed by atoms with E-state index in [2.05, 4.69) is 31.1 Å². The van der Waals surface area contributed by atoms with Crippen LogP contribution in [0.2, 0.25) is 5.04 Å². The lowest BCUT2D eigenvalue weighted by molar-refractivity contribution is 0.0518. The molecule has 1 aromatic rings. The Morgan fingerprint density at radius 3 is 2.18 bits per heavy atom. The number of esters is 1. The third-order valence-electron chi connectivity index (χ3n) is 3.23. The van der Waals surface area contributed by atoms with Gasteiger partial charge in [0.2, 0.25) is 9.76 Å². The molecule has 156 valence electrons. The Kier molecular flexibility index (Phi) is 7.79. The minimum atomic E-state index is -0.711. The molecule has 0 bridgehead atoms. The Balaban J connectivity index is 3.19. The molecule has 0 atom stereocenters. The van der Waals surface area contributed by atoms with E-state index in [1.165, 1.54) is 0 Å². The summed E-state index contributed by atoms with van der Waals surface area (Å²) in [5.41, 5.74) is -0.559. The molecular weight excluding hydrogens is 376 g/mol. The van der Waals surface area contributed by atoms with Gasteiger partial charge in [-0.25, -0.2) is 14.6 Å². The van der Waals surface area contributed by atoms with Crippen molar-refractivity contribution in [2.45, 2.75) is 78.6 Å². The van der Waals surface area contributed by atoms with Crippen molar-refractivity contribution in [3.63, 3.8) is 0 Å². The molecule has 1 N–H and O–H groups in total. The Morgan fingerprint density at radius 1 is 1.07 bits per heavy atom. The van der Waals surface area contributed by atoms with Gasteiger partial charge in [0, 0.05) is 0 Å². The van der Waals surface area contributed by atoms with Gasteiger partial charge in [-0.2, -0.15) is 0 Å². The number of nitrogens with one attached hydrogen (secondary N) is 1. The average molecular weight is 409 g/mol. The maximum Gasteiger partial charge on any atom is 0.412 e. The van der Waals surface area contributed by atoms with Crippen molar-refractivity contribution in [3.8, 4) is 0 Å². The summed E-state index contributed by atoms with van der Waals surface area (Å²) < 4.78 is 16.4. The zero-order valence-corrected chi connectivity index (χ0v) is 19.4. The molecule has 0 aliphatic carbocycles. The van der Waals surface area contributed by atoms with Crippen LogP contribution in [0.1, 0.15) is 78.5 Å². The first-order chi connectivity index (χ1) is 12.6. The Morgan fingerprint density at radius 2 is 1.68 bits per heavy atom. The molecule has 0 unspecified atom stereocenters. The predicted octanol–water partition coefficient (Wildman–Crippen LogP) is 4.69. The molecule has 1 aromatic heterocycles. The van der Waals surface area contributed by atoms with Gasteiger partial charge in [0.25, 0.3) is 0 Å². The molecule has 2 radical (unpaired) electrons. The molecule has 0 aromatic carbocycles. The van der Waals surface area contributed by atoms with Crippen LogP contribution in [-0.4, -0.2) is 39.0 Å². The lowest BCUT2D eigenvalue weighted by Crippen LogP contribution is -2.30. The number of hydrogen-bond acceptors (Lipinski definition) is 6. The van der Waals surface area contributed by atoms with Gasteiger partial charge in [-0.15, -0.1) is 0 Å². The van der Waals surface area contributed by atoms with Crippen LogP contribution >= 0.6 is 0 Å². The first kappa shape index (κ1) is 24.1. The molecule has 7 nitrogen and oxygen atoms in total. The van der Waals surface area contributed by atoms with Crippen LogP contribution in [0.4, 0.5) is 10.5 Å². The summed E-state index contributed by atoms with van der Waals surface area (Å²) in [6.45, 7) is 17.2. The second-order valence-corrected chi connectivity index (χ2v) is 10.8. The summed E-state index contributed by atoms with van der Waals surface area (Å²) in [5, 5.41) is 2.59. The van der Waals surface area contributed by atoms with E-state index < -0.39 is 23.3 Å². The summed E-state index contributed by atoms with van der Waals surface area (Å²) in [5.74, 6) is -0.621. The van der Waals surface area contributed by atoms with Gasteiger partial charge >= 0.3 is 12.1 Å². The Hall–Kier alpha value is -1.93. The van der Waals surface area contributed by atoms with E-state index in [9.17, 15) is 9.59 Å². The zero-order valence-electron chi connectivity index (χ0n) is 18.4. The minimum absolute atomic E-state index is 0.0133. The minimum Gasteiger partial charge on any atom is -0.461 e. The van der Waals surface area contributed by atoms with Crippen molar-refractivity contribution < 1.29 is 23.5 Å². The largest absolute Gasteiger partial charge is 0.461 e. The number of hydrogen-bond donors (Lipinski definition) is 1. The molecule has 1 rings (SSSR count). The molecular formula is C20H32N2O5Si. The summed E-state index contributed by atoms with van der Waals surface area (Å²) in [4.78, 5) is 29.0. The molecule has 1 heterocycles. The van der Waals surface area contributed by atoms with Crippen LogP contribution in [0.5, 0.6) is 0 Å². The van der Waals surface area contributed by atoms with Crippen LogP contribution < -0.4 is 5.32 Å². The Bertz CT molecular complexity index is 706. The topological polar surface area (TPSA) is 86.8 Å². The lowest BCUT2D eigenvalue weighted by atomic mass is 10.0. The average Bonchev–Trinajstić information content (AvgIpc) is 2.51. The number of carbonyl (C=O) groups excluding carboxylic acids is 2. The molecule has 1 amide bonds. The number of amides is 1. The number of carbonyl (C=O) groups is 2. The molecule has 0 aliphatic rings. The highest BCUT2D eigenvalue weighted by Gasteiger charge is 2.29.